The van der Waals surface area contributed by atoms with Gasteiger partial charge in [0.25, 0.3) is 0 Å². The van der Waals surface area contributed by atoms with Gasteiger partial charge in [0.15, 0.2) is 5.15 Å². The average molecular weight is 484 g/mol. The fourth-order valence-corrected chi connectivity index (χ4v) is 4.87. The Morgan fingerprint density at radius 1 is 1.12 bits per heavy atom. The molecule has 4 nitrogen and oxygen atoms in total. The molecule has 0 spiro atoms. The zero-order chi connectivity index (χ0) is 22.9. The Morgan fingerprint density at radius 3 is 2.41 bits per heavy atom. The number of carbonyl (C=O) groups excluding carboxylic acids is 1. The van der Waals surface area contributed by atoms with Crippen LogP contribution in [0.2, 0.25) is 5.15 Å². The van der Waals surface area contributed by atoms with Crippen LogP contribution in [0.3, 0.4) is 0 Å². The summed E-state index contributed by atoms with van der Waals surface area (Å²) in [6.07, 6.45) is -1.17. The van der Waals surface area contributed by atoms with Gasteiger partial charge in [0.1, 0.15) is 5.82 Å². The first-order valence-electron chi connectivity index (χ1n) is 9.82. The van der Waals surface area contributed by atoms with Crippen LogP contribution in [0.4, 0.5) is 17.6 Å². The van der Waals surface area contributed by atoms with E-state index >= 15 is 0 Å². The van der Waals surface area contributed by atoms with Gasteiger partial charge in [-0.2, -0.15) is 18.3 Å². The Bertz CT molecular complexity index is 1100. The number of amides is 1. The monoisotopic (exact) mass is 483 g/mol. The Hall–Kier alpha value is -2.52. The summed E-state index contributed by atoms with van der Waals surface area (Å²) in [4.78, 5) is 13.5. The number of halogens is 5. The van der Waals surface area contributed by atoms with Crippen LogP contribution in [-0.2, 0) is 17.5 Å². The molecule has 4 rings (SSSR count). The van der Waals surface area contributed by atoms with Crippen molar-refractivity contribution in [2.45, 2.75) is 35.7 Å². The maximum atomic E-state index is 13.1. The van der Waals surface area contributed by atoms with Crippen LogP contribution in [-0.4, -0.2) is 20.9 Å². The fraction of sp³-hybridized carbons (Fsp3) is 0.273. The van der Waals surface area contributed by atoms with Gasteiger partial charge in [0, 0.05) is 28.5 Å². The van der Waals surface area contributed by atoms with Crippen molar-refractivity contribution in [1.29, 1.82) is 0 Å². The van der Waals surface area contributed by atoms with Gasteiger partial charge in [-0.15, -0.1) is 11.8 Å². The molecule has 1 aliphatic carbocycles. The number of nitrogens with zero attached hydrogens (tertiary/aromatic N) is 2. The zero-order valence-electron chi connectivity index (χ0n) is 16.6. The normalized spacial score (nSPS) is 18.3. The van der Waals surface area contributed by atoms with E-state index in [1.165, 1.54) is 28.9 Å². The van der Waals surface area contributed by atoms with Crippen molar-refractivity contribution in [2.24, 2.45) is 5.92 Å². The highest BCUT2D eigenvalue weighted by Gasteiger charge is 2.37. The lowest BCUT2D eigenvalue weighted by molar-refractivity contribution is -0.137. The lowest BCUT2D eigenvalue weighted by atomic mass is 9.84. The number of nitrogens with one attached hydrogen (secondary N) is 1. The fourth-order valence-electron chi connectivity index (χ4n) is 3.35. The van der Waals surface area contributed by atoms with Crippen molar-refractivity contribution in [2.75, 3.05) is 0 Å². The highest BCUT2D eigenvalue weighted by molar-refractivity contribution is 8.00. The largest absolute Gasteiger partial charge is 0.416 e. The summed E-state index contributed by atoms with van der Waals surface area (Å²) in [6, 6.07) is 10.7. The van der Waals surface area contributed by atoms with Gasteiger partial charge < -0.3 is 5.32 Å². The first-order valence-corrected chi connectivity index (χ1v) is 11.1. The van der Waals surface area contributed by atoms with E-state index in [4.69, 9.17) is 11.6 Å². The molecule has 32 heavy (non-hydrogen) atoms. The van der Waals surface area contributed by atoms with Crippen molar-refractivity contribution in [1.82, 2.24) is 15.1 Å². The van der Waals surface area contributed by atoms with E-state index in [1.54, 1.807) is 30.1 Å². The summed E-state index contributed by atoms with van der Waals surface area (Å²) < 4.78 is 52.6. The second kappa shape index (κ2) is 9.15. The van der Waals surface area contributed by atoms with Crippen LogP contribution < -0.4 is 5.32 Å². The quantitative estimate of drug-likeness (QED) is 0.446. The summed E-state index contributed by atoms with van der Waals surface area (Å²) >= 11 is 7.71. The number of hydrogen-bond acceptors (Lipinski definition) is 3. The Kier molecular flexibility index (Phi) is 6.48. The molecule has 0 aliphatic heterocycles. The Labute approximate surface area is 191 Å². The van der Waals surface area contributed by atoms with Crippen molar-refractivity contribution in [3.8, 4) is 5.69 Å². The zero-order valence-corrected chi connectivity index (χ0v) is 18.1. The van der Waals surface area contributed by atoms with E-state index < -0.39 is 11.7 Å². The molecule has 10 heteroatoms. The number of benzene rings is 2. The third kappa shape index (κ3) is 5.10. The molecule has 2 aromatic carbocycles. The molecule has 2 atom stereocenters. The summed E-state index contributed by atoms with van der Waals surface area (Å²) in [5.41, 5.74) is 0.231. The van der Waals surface area contributed by atoms with Crippen molar-refractivity contribution in [3.63, 3.8) is 0 Å². The molecule has 2 unspecified atom stereocenters. The topological polar surface area (TPSA) is 46.9 Å². The number of rotatable bonds is 6. The summed E-state index contributed by atoms with van der Waals surface area (Å²) in [7, 11) is 0. The number of hydrogen-bond donors (Lipinski definition) is 1. The first-order chi connectivity index (χ1) is 15.2. The van der Waals surface area contributed by atoms with Gasteiger partial charge in [0.05, 0.1) is 17.2 Å². The predicted molar refractivity (Wildman–Crippen MR) is 114 cm³/mol. The van der Waals surface area contributed by atoms with E-state index in [-0.39, 0.29) is 34.6 Å². The number of aromatic nitrogens is 2. The van der Waals surface area contributed by atoms with Crippen LogP contribution >= 0.6 is 23.4 Å². The second-order valence-electron chi connectivity index (χ2n) is 7.45. The van der Waals surface area contributed by atoms with Crippen LogP contribution in [0.1, 0.15) is 24.0 Å². The van der Waals surface area contributed by atoms with Crippen LogP contribution in [0.5, 0.6) is 0 Å². The summed E-state index contributed by atoms with van der Waals surface area (Å²) in [5, 5.41) is 7.26. The molecule has 1 aliphatic rings. The molecular formula is C22H18ClF4N3OS. The molecule has 1 heterocycles. The molecule has 1 fully saturated rings. The lowest BCUT2D eigenvalue weighted by Gasteiger charge is -2.34. The van der Waals surface area contributed by atoms with Crippen LogP contribution in [0.25, 0.3) is 5.69 Å². The molecule has 0 saturated heterocycles. The maximum absolute atomic E-state index is 13.1. The number of thioether (sulfide) groups is 1. The van der Waals surface area contributed by atoms with Crippen molar-refractivity contribution in [3.05, 3.63) is 76.8 Å². The molecule has 1 N–H and O–H groups in total. The lowest BCUT2D eigenvalue weighted by Crippen LogP contribution is -2.42. The van der Waals surface area contributed by atoms with E-state index in [0.717, 1.165) is 29.9 Å². The Morgan fingerprint density at radius 2 is 1.81 bits per heavy atom. The van der Waals surface area contributed by atoms with Gasteiger partial charge in [-0.1, -0.05) is 11.6 Å². The van der Waals surface area contributed by atoms with Gasteiger partial charge in [0.2, 0.25) is 5.91 Å². The summed E-state index contributed by atoms with van der Waals surface area (Å²) in [6.45, 7) is 0.155. The molecule has 1 saturated carbocycles. The third-order valence-electron chi connectivity index (χ3n) is 5.30. The van der Waals surface area contributed by atoms with Gasteiger partial charge in [-0.05, 0) is 61.4 Å². The third-order valence-corrected chi connectivity index (χ3v) is 7.03. The van der Waals surface area contributed by atoms with E-state index in [2.05, 4.69) is 10.4 Å². The van der Waals surface area contributed by atoms with Crippen molar-refractivity contribution < 1.29 is 22.4 Å². The molecule has 3 aromatic rings. The molecule has 1 amide bonds. The Balaban J connectivity index is 1.35. The highest BCUT2D eigenvalue weighted by atomic mass is 35.5. The van der Waals surface area contributed by atoms with E-state index in [9.17, 15) is 22.4 Å². The minimum Gasteiger partial charge on any atom is -0.352 e. The van der Waals surface area contributed by atoms with Crippen molar-refractivity contribution >= 4 is 29.3 Å². The minimum absolute atomic E-state index is 0.103. The first kappa shape index (κ1) is 22.7. The highest BCUT2D eigenvalue weighted by Crippen LogP contribution is 2.41. The molecule has 0 radical (unpaired) electrons. The molecule has 168 valence electrons. The summed E-state index contributed by atoms with van der Waals surface area (Å²) in [5.74, 6) is -0.561. The number of carbonyl (C=O) groups is 1. The van der Waals surface area contributed by atoms with E-state index in [0.29, 0.717) is 11.3 Å². The molecular weight excluding hydrogens is 466 g/mol. The SMILES string of the molecule is O=C(NCc1cn(-c2ccc(C(F)(F)F)cc2)nc1Cl)C1CCC1Sc1ccc(F)cc1. The molecule has 0 bridgehead atoms. The number of alkyl halides is 3. The van der Waals surface area contributed by atoms with Gasteiger partial charge >= 0.3 is 6.18 Å². The minimum atomic E-state index is -4.41. The maximum Gasteiger partial charge on any atom is 0.416 e. The smallest absolute Gasteiger partial charge is 0.352 e. The second-order valence-corrected chi connectivity index (χ2v) is 9.12. The molecule has 1 aromatic heterocycles. The van der Waals surface area contributed by atoms with Gasteiger partial charge in [-0.3, -0.25) is 4.79 Å². The van der Waals surface area contributed by atoms with E-state index in [1.807, 2.05) is 0 Å². The predicted octanol–water partition coefficient (Wildman–Crippen LogP) is 5.87. The standard InChI is InChI=1S/C22H18ClF4N3OS/c23-20-13(12-30(29-20)16-5-1-14(2-6-16)22(25,26)27)11-28-21(31)18-9-10-19(18)32-17-7-3-15(24)4-8-17/h1-8,12,18-19H,9-11H2,(H,28,31). The van der Waals surface area contributed by atoms with Crippen LogP contribution in [0.15, 0.2) is 59.6 Å². The van der Waals surface area contributed by atoms with Crippen LogP contribution in [0, 0.1) is 11.7 Å². The average Bonchev–Trinajstić information content (AvgIpc) is 3.11. The van der Waals surface area contributed by atoms with Gasteiger partial charge in [-0.25, -0.2) is 9.07 Å².